The lowest BCUT2D eigenvalue weighted by Crippen LogP contribution is -2.12. The summed E-state index contributed by atoms with van der Waals surface area (Å²) in [4.78, 5) is 4.75. The van der Waals surface area contributed by atoms with Gasteiger partial charge < -0.3 is 14.2 Å². The van der Waals surface area contributed by atoms with Crippen molar-refractivity contribution in [1.82, 2.24) is 0 Å². The number of fused-ring (bicyclic) bond motifs is 9. The van der Waals surface area contributed by atoms with Crippen LogP contribution in [-0.2, 0) is 0 Å². The first kappa shape index (κ1) is 44.3. The molecule has 0 radical (unpaired) electrons. The molecule has 1 heterocycles. The molecular weight excluding hydrogens is 933 g/mol. The first-order valence-corrected chi connectivity index (χ1v) is 26.4. The molecule has 0 fully saturated rings. The molecule has 0 aliphatic heterocycles. The van der Waals surface area contributed by atoms with Crippen LogP contribution < -0.4 is 9.80 Å². The van der Waals surface area contributed by atoms with E-state index in [1.807, 2.05) is 6.07 Å². The molecule has 360 valence electrons. The third-order valence-electron chi connectivity index (χ3n) is 15.5. The molecule has 0 bridgehead atoms. The summed E-state index contributed by atoms with van der Waals surface area (Å²) in [5, 5.41) is 6.95. The van der Waals surface area contributed by atoms with Crippen molar-refractivity contribution in [1.29, 1.82) is 0 Å². The Balaban J connectivity index is 1.08. The highest BCUT2D eigenvalue weighted by Crippen LogP contribution is 2.66. The predicted octanol–water partition coefficient (Wildman–Crippen LogP) is 21.1. The Kier molecular flexibility index (Phi) is 10.5. The van der Waals surface area contributed by atoms with Crippen LogP contribution in [0.5, 0.6) is 0 Å². The fourth-order valence-corrected chi connectivity index (χ4v) is 12.3. The van der Waals surface area contributed by atoms with E-state index in [1.165, 1.54) is 88.3 Å². The van der Waals surface area contributed by atoms with Gasteiger partial charge >= 0.3 is 0 Å². The van der Waals surface area contributed by atoms with Crippen LogP contribution in [0.4, 0.5) is 34.1 Å². The number of hydrogen-bond donors (Lipinski definition) is 0. The Morgan fingerprint density at radius 2 is 0.545 bits per heavy atom. The summed E-state index contributed by atoms with van der Waals surface area (Å²) in [6.45, 7) is 0. The second kappa shape index (κ2) is 18.3. The van der Waals surface area contributed by atoms with Gasteiger partial charge in [0.2, 0.25) is 0 Å². The van der Waals surface area contributed by atoms with E-state index in [9.17, 15) is 0 Å². The summed E-state index contributed by atoms with van der Waals surface area (Å²) in [6, 6.07) is 106. The van der Waals surface area contributed by atoms with Crippen LogP contribution in [0, 0.1) is 0 Å². The molecule has 0 saturated carbocycles. The van der Waals surface area contributed by atoms with Gasteiger partial charge in [0.05, 0.1) is 5.69 Å². The molecule has 77 heavy (non-hydrogen) atoms. The number of nitrogens with zero attached hydrogens (tertiary/aromatic N) is 2. The van der Waals surface area contributed by atoms with Gasteiger partial charge in [0, 0.05) is 39.2 Å². The zero-order chi connectivity index (χ0) is 50.8. The van der Waals surface area contributed by atoms with Gasteiger partial charge in [0.25, 0.3) is 0 Å². The lowest BCUT2D eigenvalue weighted by Gasteiger charge is -2.37. The number of hydrogen-bond acceptors (Lipinski definition) is 3. The lowest BCUT2D eigenvalue weighted by atomic mass is 9.65. The summed E-state index contributed by atoms with van der Waals surface area (Å²) >= 11 is 0. The molecule has 1 aromatic heterocycles. The van der Waals surface area contributed by atoms with Gasteiger partial charge in [0.1, 0.15) is 5.58 Å². The molecule has 0 amide bonds. The third kappa shape index (κ3) is 7.20. The topological polar surface area (TPSA) is 19.6 Å². The standard InChI is InChI=1S/C74H48N2O/c1-8-25-49(26-9-1)66-59-45-43-56(75(53-33-16-5-17-34-53)54-35-18-6-19-36-54)47-62(59)68(51-29-12-3-13-30-51)72-70(66)73-69(52-31-14-4-15-32-52)63-48-57(44-46-60(63)67(71(72)73)50-27-10-2-11-28-50)76(55-37-20-7-21-38-55)64-41-24-40-61-58-39-22-23-42-65(58)77-74(61)64/h1-48H. The minimum Gasteiger partial charge on any atom is -0.454 e. The third-order valence-corrected chi connectivity index (χ3v) is 15.5. The molecule has 0 atom stereocenters. The molecule has 0 spiro atoms. The zero-order valence-corrected chi connectivity index (χ0v) is 42.0. The van der Waals surface area contributed by atoms with Gasteiger partial charge in [-0.25, -0.2) is 0 Å². The number of anilines is 6. The Labute approximate surface area is 447 Å². The second-order valence-corrected chi connectivity index (χ2v) is 19.9. The largest absolute Gasteiger partial charge is 0.454 e. The fraction of sp³-hybridized carbons (Fsp3) is 0. The molecule has 13 aromatic carbocycles. The van der Waals surface area contributed by atoms with Crippen LogP contribution in [-0.4, -0.2) is 0 Å². The van der Waals surface area contributed by atoms with Crippen molar-refractivity contribution in [3.63, 3.8) is 0 Å². The van der Waals surface area contributed by atoms with E-state index in [4.69, 9.17) is 4.42 Å². The van der Waals surface area contributed by atoms with Crippen LogP contribution in [0.25, 0.3) is 110 Å². The van der Waals surface area contributed by atoms with Crippen LogP contribution in [0.2, 0.25) is 0 Å². The maximum absolute atomic E-state index is 6.81. The van der Waals surface area contributed by atoms with E-state index in [0.717, 1.165) is 56.1 Å². The van der Waals surface area contributed by atoms with Crippen LogP contribution >= 0.6 is 0 Å². The predicted molar refractivity (Wildman–Crippen MR) is 324 cm³/mol. The zero-order valence-electron chi connectivity index (χ0n) is 42.0. The molecule has 3 nitrogen and oxygen atoms in total. The molecule has 0 N–H and O–H groups in total. The van der Waals surface area contributed by atoms with E-state index in [-0.39, 0.29) is 0 Å². The van der Waals surface area contributed by atoms with Crippen molar-refractivity contribution in [3.05, 3.63) is 291 Å². The summed E-state index contributed by atoms with van der Waals surface area (Å²) in [7, 11) is 0. The minimum atomic E-state index is 0.851. The molecule has 14 aromatic rings. The normalized spacial score (nSPS) is 11.6. The first-order chi connectivity index (χ1) is 38.3. The number of para-hydroxylation sites is 5. The molecule has 1 aliphatic carbocycles. The lowest BCUT2D eigenvalue weighted by molar-refractivity contribution is 0.669. The molecule has 15 rings (SSSR count). The average Bonchev–Trinajstić information content (AvgIpc) is 4.00. The Morgan fingerprint density at radius 3 is 0.974 bits per heavy atom. The second-order valence-electron chi connectivity index (χ2n) is 19.9. The van der Waals surface area contributed by atoms with Crippen molar-refractivity contribution < 1.29 is 4.42 Å². The highest BCUT2D eigenvalue weighted by molar-refractivity contribution is 6.33. The van der Waals surface area contributed by atoms with Crippen molar-refractivity contribution in [3.8, 4) is 66.8 Å². The monoisotopic (exact) mass is 980 g/mol. The number of furan rings is 1. The maximum atomic E-state index is 6.81. The Bertz CT molecular complexity index is 4480. The van der Waals surface area contributed by atoms with E-state index in [2.05, 4.69) is 295 Å². The van der Waals surface area contributed by atoms with Crippen molar-refractivity contribution >= 4 is 77.6 Å². The summed E-state index contributed by atoms with van der Waals surface area (Å²) in [5.74, 6) is 0. The number of benzene rings is 13. The molecule has 0 unspecified atom stereocenters. The van der Waals surface area contributed by atoms with E-state index >= 15 is 0 Å². The number of rotatable bonds is 10. The highest BCUT2D eigenvalue weighted by Gasteiger charge is 2.39. The smallest absolute Gasteiger partial charge is 0.159 e. The Hall–Kier alpha value is -10.2. The van der Waals surface area contributed by atoms with E-state index in [0.29, 0.717) is 0 Å². The van der Waals surface area contributed by atoms with Crippen LogP contribution in [0.1, 0.15) is 0 Å². The van der Waals surface area contributed by atoms with Crippen molar-refractivity contribution in [2.75, 3.05) is 9.80 Å². The van der Waals surface area contributed by atoms with E-state index in [1.54, 1.807) is 0 Å². The van der Waals surface area contributed by atoms with E-state index < -0.39 is 0 Å². The minimum absolute atomic E-state index is 0.851. The molecule has 1 aliphatic rings. The Morgan fingerprint density at radius 1 is 0.208 bits per heavy atom. The molecular formula is C74H48N2O. The van der Waals surface area contributed by atoms with Gasteiger partial charge in [-0.3, -0.25) is 0 Å². The van der Waals surface area contributed by atoms with Gasteiger partial charge in [-0.2, -0.15) is 0 Å². The molecule has 3 heteroatoms. The summed E-state index contributed by atoms with van der Waals surface area (Å²) < 4.78 is 6.81. The van der Waals surface area contributed by atoms with Crippen LogP contribution in [0.3, 0.4) is 0 Å². The van der Waals surface area contributed by atoms with Gasteiger partial charge in [-0.1, -0.05) is 218 Å². The summed E-state index contributed by atoms with van der Waals surface area (Å²) in [5.41, 5.74) is 22.7. The van der Waals surface area contributed by atoms with Gasteiger partial charge in [0.15, 0.2) is 5.58 Å². The summed E-state index contributed by atoms with van der Waals surface area (Å²) in [6.07, 6.45) is 0. The highest BCUT2D eigenvalue weighted by atomic mass is 16.3. The van der Waals surface area contributed by atoms with Crippen molar-refractivity contribution in [2.45, 2.75) is 0 Å². The maximum Gasteiger partial charge on any atom is 0.159 e. The van der Waals surface area contributed by atoms with Crippen LogP contribution in [0.15, 0.2) is 296 Å². The van der Waals surface area contributed by atoms with Crippen molar-refractivity contribution in [2.24, 2.45) is 0 Å². The van der Waals surface area contributed by atoms with Gasteiger partial charge in [-0.15, -0.1) is 0 Å². The quantitative estimate of drug-likeness (QED) is 0.136. The first-order valence-electron chi connectivity index (χ1n) is 26.4. The SMILES string of the molecule is c1ccc(-c2c3c(c(-c4ccccc4)c4cc(N(c5ccccc5)c5ccccc5)ccc24)-c2c-3c(-c3ccccc3)c3cc(N(c4ccccc4)c4cccc5c4oc4ccccc45)ccc3c2-c2ccccc2)cc1. The van der Waals surface area contributed by atoms with Gasteiger partial charge in [-0.05, 0) is 161 Å². The fourth-order valence-electron chi connectivity index (χ4n) is 12.3. The average molecular weight is 981 g/mol. The molecule has 0 saturated heterocycles.